The van der Waals surface area contributed by atoms with E-state index in [-0.39, 0.29) is 12.1 Å². The van der Waals surface area contributed by atoms with Crippen LogP contribution >= 0.6 is 11.3 Å². The Hall–Kier alpha value is -1.90. The van der Waals surface area contributed by atoms with Gasteiger partial charge in [0.1, 0.15) is 0 Å². The number of hydrogen-bond donors (Lipinski definition) is 2. The molecule has 3 rings (SSSR count). The van der Waals surface area contributed by atoms with E-state index in [0.717, 1.165) is 22.4 Å². The van der Waals surface area contributed by atoms with E-state index in [2.05, 4.69) is 10.0 Å². The summed E-state index contributed by atoms with van der Waals surface area (Å²) in [5, 5.41) is 5.10. The minimum atomic E-state index is -3.50. The van der Waals surface area contributed by atoms with Crippen LogP contribution in [0.4, 0.5) is 4.79 Å². The molecule has 1 aliphatic rings. The van der Waals surface area contributed by atoms with Gasteiger partial charge in [0.2, 0.25) is 10.0 Å². The standard InChI is InChI=1S/C18H23N3O3S2/c1-3-15(16-7-5-11-25-16)20-18(22)21-10-9-14-13(12-21)6-4-8-17(14)26(23,24)19-2/h4-8,11,15,19H,3,9-10,12H2,1-2H3,(H,20,22). The summed E-state index contributed by atoms with van der Waals surface area (Å²) < 4.78 is 26.8. The number of carbonyl (C=O) groups excluding carboxylic acids is 1. The third-order valence-electron chi connectivity index (χ3n) is 4.66. The van der Waals surface area contributed by atoms with E-state index < -0.39 is 10.0 Å². The molecule has 0 saturated carbocycles. The first-order valence-corrected chi connectivity index (χ1v) is 11.0. The van der Waals surface area contributed by atoms with Crippen molar-refractivity contribution in [2.45, 2.75) is 37.2 Å². The van der Waals surface area contributed by atoms with E-state index in [9.17, 15) is 13.2 Å². The Morgan fingerprint density at radius 1 is 1.31 bits per heavy atom. The van der Waals surface area contributed by atoms with Crippen LogP contribution in [0.25, 0.3) is 0 Å². The second-order valence-electron chi connectivity index (χ2n) is 6.20. The molecule has 1 atom stereocenters. The fourth-order valence-corrected chi connectivity index (χ4v) is 5.11. The van der Waals surface area contributed by atoms with Crippen LogP contribution in [0, 0.1) is 0 Å². The van der Waals surface area contributed by atoms with Gasteiger partial charge in [-0.25, -0.2) is 17.9 Å². The van der Waals surface area contributed by atoms with Crippen molar-refractivity contribution in [1.29, 1.82) is 0 Å². The van der Waals surface area contributed by atoms with Crippen molar-refractivity contribution in [3.8, 4) is 0 Å². The lowest BCUT2D eigenvalue weighted by atomic mass is 10.00. The van der Waals surface area contributed by atoms with Gasteiger partial charge in [-0.3, -0.25) is 0 Å². The van der Waals surface area contributed by atoms with E-state index in [4.69, 9.17) is 0 Å². The minimum Gasteiger partial charge on any atom is -0.330 e. The maximum atomic E-state index is 12.7. The minimum absolute atomic E-state index is 0.0000922. The van der Waals surface area contributed by atoms with Crippen molar-refractivity contribution in [3.63, 3.8) is 0 Å². The number of hydrogen-bond acceptors (Lipinski definition) is 4. The molecule has 1 aromatic carbocycles. The molecule has 2 amide bonds. The van der Waals surface area contributed by atoms with Crippen molar-refractivity contribution < 1.29 is 13.2 Å². The molecule has 1 aromatic heterocycles. The monoisotopic (exact) mass is 393 g/mol. The molecule has 6 nitrogen and oxygen atoms in total. The molecule has 0 spiro atoms. The summed E-state index contributed by atoms with van der Waals surface area (Å²) in [4.78, 5) is 15.9. The first-order valence-electron chi connectivity index (χ1n) is 8.59. The van der Waals surface area contributed by atoms with Crippen LogP contribution in [0.3, 0.4) is 0 Å². The van der Waals surface area contributed by atoms with E-state index in [0.29, 0.717) is 24.4 Å². The number of sulfonamides is 1. The highest BCUT2D eigenvalue weighted by Crippen LogP contribution is 2.27. The Balaban J connectivity index is 1.76. The fraction of sp³-hybridized carbons (Fsp3) is 0.389. The molecule has 26 heavy (non-hydrogen) atoms. The highest BCUT2D eigenvalue weighted by atomic mass is 32.2. The summed E-state index contributed by atoms with van der Waals surface area (Å²) in [5.74, 6) is 0. The highest BCUT2D eigenvalue weighted by molar-refractivity contribution is 7.89. The lowest BCUT2D eigenvalue weighted by Gasteiger charge is -2.31. The van der Waals surface area contributed by atoms with Crippen molar-refractivity contribution >= 4 is 27.4 Å². The average molecular weight is 394 g/mol. The largest absolute Gasteiger partial charge is 0.330 e. The summed E-state index contributed by atoms with van der Waals surface area (Å²) in [6.45, 7) is 2.95. The van der Waals surface area contributed by atoms with Gasteiger partial charge in [-0.05, 0) is 48.5 Å². The Labute approximate surface area is 158 Å². The number of nitrogens with one attached hydrogen (secondary N) is 2. The van der Waals surface area contributed by atoms with E-state index in [1.807, 2.05) is 30.5 Å². The molecule has 2 heterocycles. The molecule has 0 bridgehead atoms. The van der Waals surface area contributed by atoms with Crippen molar-refractivity contribution in [2.75, 3.05) is 13.6 Å². The van der Waals surface area contributed by atoms with Crippen molar-refractivity contribution in [3.05, 3.63) is 51.7 Å². The zero-order valence-electron chi connectivity index (χ0n) is 14.9. The zero-order valence-corrected chi connectivity index (χ0v) is 16.5. The number of benzene rings is 1. The van der Waals surface area contributed by atoms with Gasteiger partial charge in [-0.15, -0.1) is 11.3 Å². The van der Waals surface area contributed by atoms with E-state index >= 15 is 0 Å². The molecule has 8 heteroatoms. The van der Waals surface area contributed by atoms with Crippen molar-refractivity contribution in [1.82, 2.24) is 14.9 Å². The summed E-state index contributed by atoms with van der Waals surface area (Å²) in [5.41, 5.74) is 1.68. The van der Waals surface area contributed by atoms with E-state index in [1.54, 1.807) is 28.4 Å². The van der Waals surface area contributed by atoms with Gasteiger partial charge in [0.15, 0.2) is 0 Å². The van der Waals surface area contributed by atoms with E-state index in [1.165, 1.54) is 7.05 Å². The molecule has 140 valence electrons. The second-order valence-corrected chi connectivity index (χ2v) is 9.03. The van der Waals surface area contributed by atoms with Crippen molar-refractivity contribution in [2.24, 2.45) is 0 Å². The Morgan fingerprint density at radius 2 is 2.12 bits per heavy atom. The lowest BCUT2D eigenvalue weighted by Crippen LogP contribution is -2.44. The van der Waals surface area contributed by atoms with Crippen LogP contribution in [0.5, 0.6) is 0 Å². The van der Waals surface area contributed by atoms with Gasteiger partial charge in [0.05, 0.1) is 10.9 Å². The molecule has 0 radical (unpaired) electrons. The van der Waals surface area contributed by atoms with Gasteiger partial charge in [-0.1, -0.05) is 25.1 Å². The van der Waals surface area contributed by atoms with Crippen LogP contribution in [0.2, 0.25) is 0 Å². The summed E-state index contributed by atoms with van der Waals surface area (Å²) in [7, 11) is -2.09. The molecule has 0 saturated heterocycles. The molecule has 2 N–H and O–H groups in total. The average Bonchev–Trinajstić information content (AvgIpc) is 3.19. The van der Waals surface area contributed by atoms with Gasteiger partial charge >= 0.3 is 6.03 Å². The smallest absolute Gasteiger partial charge is 0.318 e. The summed E-state index contributed by atoms with van der Waals surface area (Å²) in [6.07, 6.45) is 1.34. The molecule has 2 aromatic rings. The van der Waals surface area contributed by atoms with Crippen LogP contribution in [0.1, 0.15) is 35.4 Å². The molecule has 1 aliphatic heterocycles. The van der Waals surface area contributed by atoms with Gasteiger partial charge in [0, 0.05) is 18.0 Å². The number of urea groups is 1. The summed E-state index contributed by atoms with van der Waals surface area (Å²) >= 11 is 1.63. The van der Waals surface area contributed by atoms with Crippen LogP contribution in [0.15, 0.2) is 40.6 Å². The topological polar surface area (TPSA) is 78.5 Å². The molecular formula is C18H23N3O3S2. The third-order valence-corrected chi connectivity index (χ3v) is 7.15. The molecule has 0 aliphatic carbocycles. The third kappa shape index (κ3) is 3.77. The van der Waals surface area contributed by atoms with Crippen LogP contribution < -0.4 is 10.0 Å². The Morgan fingerprint density at radius 3 is 2.77 bits per heavy atom. The first-order chi connectivity index (χ1) is 12.5. The van der Waals surface area contributed by atoms with Gasteiger partial charge < -0.3 is 10.2 Å². The number of carbonyl (C=O) groups is 1. The highest BCUT2D eigenvalue weighted by Gasteiger charge is 2.27. The molecule has 0 fully saturated rings. The maximum Gasteiger partial charge on any atom is 0.318 e. The number of nitrogens with zero attached hydrogens (tertiary/aromatic N) is 1. The summed E-state index contributed by atoms with van der Waals surface area (Å²) in [6, 6.07) is 9.13. The number of thiophene rings is 1. The van der Waals surface area contributed by atoms with Gasteiger partial charge in [-0.2, -0.15) is 0 Å². The number of amides is 2. The zero-order chi connectivity index (χ0) is 18.7. The normalized spacial score (nSPS) is 15.4. The quantitative estimate of drug-likeness (QED) is 0.820. The molecular weight excluding hydrogens is 370 g/mol. The van der Waals surface area contributed by atoms with Gasteiger partial charge in [0.25, 0.3) is 0 Å². The first kappa shape index (κ1) is 18.9. The Kier molecular flexibility index (Phi) is 5.64. The lowest BCUT2D eigenvalue weighted by molar-refractivity contribution is 0.188. The Bertz CT molecular complexity index is 879. The predicted octanol–water partition coefficient (Wildman–Crippen LogP) is 2.88. The SMILES string of the molecule is CCC(NC(=O)N1CCc2c(cccc2S(=O)(=O)NC)C1)c1cccs1. The number of rotatable bonds is 5. The van der Waals surface area contributed by atoms with Crippen LogP contribution in [-0.2, 0) is 23.0 Å². The maximum absolute atomic E-state index is 12.7. The predicted molar refractivity (Wildman–Crippen MR) is 103 cm³/mol. The number of fused-ring (bicyclic) bond motifs is 1. The molecule has 1 unspecified atom stereocenters. The second kappa shape index (κ2) is 7.77. The fourth-order valence-electron chi connectivity index (χ4n) is 3.21. The van der Waals surface area contributed by atoms with Crippen LogP contribution in [-0.4, -0.2) is 32.9 Å².